The average molecular weight is 389 g/mol. The smallest absolute Gasteiger partial charge is 0.119 e. The van der Waals surface area contributed by atoms with Crippen LogP contribution in [-0.2, 0) is 0 Å². The summed E-state index contributed by atoms with van der Waals surface area (Å²) >= 11 is 6.09. The van der Waals surface area contributed by atoms with Crippen LogP contribution in [0.4, 0.5) is 5.69 Å². The van der Waals surface area contributed by atoms with Crippen molar-refractivity contribution in [2.75, 3.05) is 44.2 Å². The molecule has 0 aliphatic carbocycles. The van der Waals surface area contributed by atoms with E-state index in [1.807, 2.05) is 30.3 Å². The van der Waals surface area contributed by atoms with E-state index in [1.165, 1.54) is 16.7 Å². The molecule has 1 aliphatic rings. The maximum Gasteiger partial charge on any atom is 0.119 e. The highest BCUT2D eigenvalue weighted by atomic mass is 35.5. The minimum atomic E-state index is -0.496. The Bertz CT molecular complexity index is 750. The number of benzene rings is 2. The molecule has 2 aromatic rings. The van der Waals surface area contributed by atoms with Crippen LogP contribution in [0.3, 0.4) is 0 Å². The lowest BCUT2D eigenvalue weighted by atomic mass is 10.0. The second kappa shape index (κ2) is 8.96. The number of aryl methyl sites for hydroxylation is 2. The number of hydrogen-bond donors (Lipinski definition) is 1. The van der Waals surface area contributed by atoms with Crippen molar-refractivity contribution in [2.24, 2.45) is 0 Å². The zero-order valence-corrected chi connectivity index (χ0v) is 17.2. The van der Waals surface area contributed by atoms with Gasteiger partial charge in [-0.1, -0.05) is 17.7 Å². The largest absolute Gasteiger partial charge is 0.491 e. The summed E-state index contributed by atoms with van der Waals surface area (Å²) in [7, 11) is 0. The van der Waals surface area contributed by atoms with Crippen LogP contribution in [0, 0.1) is 20.8 Å². The van der Waals surface area contributed by atoms with Gasteiger partial charge in [0.25, 0.3) is 0 Å². The number of piperazine rings is 1. The normalized spacial score (nSPS) is 16.4. The monoisotopic (exact) mass is 388 g/mol. The summed E-state index contributed by atoms with van der Waals surface area (Å²) in [5.74, 6) is 0.834. The first kappa shape index (κ1) is 20.0. The molecule has 0 radical (unpaired) electrons. The van der Waals surface area contributed by atoms with Crippen molar-refractivity contribution in [1.29, 1.82) is 0 Å². The van der Waals surface area contributed by atoms with E-state index >= 15 is 0 Å². The Kier molecular flexibility index (Phi) is 6.64. The molecule has 0 spiro atoms. The lowest BCUT2D eigenvalue weighted by Gasteiger charge is -2.36. The molecular weight excluding hydrogens is 360 g/mol. The Hall–Kier alpha value is -1.75. The van der Waals surface area contributed by atoms with E-state index in [1.54, 1.807) is 0 Å². The fraction of sp³-hybridized carbons (Fsp3) is 0.455. The summed E-state index contributed by atoms with van der Waals surface area (Å²) in [6, 6.07) is 12.1. The van der Waals surface area contributed by atoms with Crippen molar-refractivity contribution in [3.63, 3.8) is 0 Å². The summed E-state index contributed by atoms with van der Waals surface area (Å²) in [6.45, 7) is 11.0. The van der Waals surface area contributed by atoms with Crippen molar-refractivity contribution in [1.82, 2.24) is 4.90 Å². The Morgan fingerprint density at radius 2 is 1.70 bits per heavy atom. The summed E-state index contributed by atoms with van der Waals surface area (Å²) in [5.41, 5.74) is 4.89. The van der Waals surface area contributed by atoms with E-state index in [0.717, 1.165) is 42.6 Å². The van der Waals surface area contributed by atoms with Crippen molar-refractivity contribution in [2.45, 2.75) is 26.9 Å². The Morgan fingerprint density at radius 3 is 2.33 bits per heavy atom. The number of aliphatic hydroxyl groups excluding tert-OH is 1. The van der Waals surface area contributed by atoms with Gasteiger partial charge in [-0.15, -0.1) is 0 Å². The predicted molar refractivity (Wildman–Crippen MR) is 112 cm³/mol. The van der Waals surface area contributed by atoms with Crippen molar-refractivity contribution >= 4 is 17.3 Å². The molecule has 0 bridgehead atoms. The van der Waals surface area contributed by atoms with Crippen molar-refractivity contribution < 1.29 is 9.84 Å². The molecule has 1 aliphatic heterocycles. The lowest BCUT2D eigenvalue weighted by Crippen LogP contribution is -2.49. The molecule has 3 rings (SSSR count). The number of anilines is 1. The highest BCUT2D eigenvalue weighted by Gasteiger charge is 2.20. The third-order valence-electron chi connectivity index (χ3n) is 5.36. The highest BCUT2D eigenvalue weighted by Crippen LogP contribution is 2.22. The first-order valence-corrected chi connectivity index (χ1v) is 9.92. The van der Waals surface area contributed by atoms with Gasteiger partial charge in [-0.25, -0.2) is 0 Å². The standard InChI is InChI=1S/C22H29ClN2O2/c1-16-11-22(12-17(2)18(16)3)27-15-21(26)14-24-7-9-25(10-8-24)20-6-4-5-19(23)13-20/h4-6,11-13,21,26H,7-10,14-15H2,1-3H3. The molecule has 2 aromatic carbocycles. The number of rotatable bonds is 6. The molecule has 1 fully saturated rings. The van der Waals surface area contributed by atoms with E-state index < -0.39 is 6.10 Å². The van der Waals surface area contributed by atoms with Gasteiger partial charge in [0.1, 0.15) is 18.5 Å². The zero-order valence-electron chi connectivity index (χ0n) is 16.4. The first-order chi connectivity index (χ1) is 12.9. The lowest BCUT2D eigenvalue weighted by molar-refractivity contribution is 0.0662. The van der Waals surface area contributed by atoms with E-state index in [2.05, 4.69) is 36.6 Å². The van der Waals surface area contributed by atoms with Crippen LogP contribution in [0.1, 0.15) is 16.7 Å². The topological polar surface area (TPSA) is 35.9 Å². The Morgan fingerprint density at radius 1 is 1.04 bits per heavy atom. The van der Waals surface area contributed by atoms with Gasteiger partial charge in [-0.05, 0) is 67.8 Å². The summed E-state index contributed by atoms with van der Waals surface area (Å²) in [5, 5.41) is 11.1. The number of hydrogen-bond acceptors (Lipinski definition) is 4. The predicted octanol–water partition coefficient (Wildman–Crippen LogP) is 3.83. The van der Waals surface area contributed by atoms with Gasteiger partial charge >= 0.3 is 0 Å². The summed E-state index contributed by atoms with van der Waals surface area (Å²) in [6.07, 6.45) is -0.496. The van der Waals surface area contributed by atoms with Crippen molar-refractivity contribution in [3.8, 4) is 5.75 Å². The van der Waals surface area contributed by atoms with Crippen molar-refractivity contribution in [3.05, 3.63) is 58.1 Å². The third-order valence-corrected chi connectivity index (χ3v) is 5.59. The number of ether oxygens (including phenoxy) is 1. The fourth-order valence-corrected chi connectivity index (χ4v) is 3.67. The van der Waals surface area contributed by atoms with E-state index in [4.69, 9.17) is 16.3 Å². The van der Waals surface area contributed by atoms with Crippen LogP contribution < -0.4 is 9.64 Å². The minimum absolute atomic E-state index is 0.316. The number of β-amino-alcohol motifs (C(OH)–C–C–N with tert-alkyl or cyclic N) is 1. The number of nitrogens with zero attached hydrogens (tertiary/aromatic N) is 2. The van der Waals surface area contributed by atoms with E-state index in [9.17, 15) is 5.11 Å². The molecule has 4 nitrogen and oxygen atoms in total. The Balaban J connectivity index is 1.45. The first-order valence-electron chi connectivity index (χ1n) is 9.54. The van der Waals surface area contributed by atoms with Crippen LogP contribution in [0.5, 0.6) is 5.75 Å². The van der Waals surface area contributed by atoms with E-state index in [-0.39, 0.29) is 0 Å². The Labute approximate surface area is 167 Å². The van der Waals surface area contributed by atoms with Crippen LogP contribution in [0.25, 0.3) is 0 Å². The molecule has 0 amide bonds. The van der Waals surface area contributed by atoms with Gasteiger partial charge in [-0.2, -0.15) is 0 Å². The maximum absolute atomic E-state index is 10.4. The van der Waals surface area contributed by atoms with Gasteiger partial charge in [-0.3, -0.25) is 4.90 Å². The maximum atomic E-state index is 10.4. The van der Waals surface area contributed by atoms with Gasteiger partial charge in [0.05, 0.1) is 0 Å². The second-order valence-electron chi connectivity index (χ2n) is 7.41. The van der Waals surface area contributed by atoms with Crippen LogP contribution >= 0.6 is 11.6 Å². The second-order valence-corrected chi connectivity index (χ2v) is 7.85. The molecule has 5 heteroatoms. The van der Waals surface area contributed by atoms with Crippen LogP contribution in [0.2, 0.25) is 5.02 Å². The molecule has 0 saturated carbocycles. The van der Waals surface area contributed by atoms with Gasteiger partial charge < -0.3 is 14.7 Å². The molecule has 1 heterocycles. The van der Waals surface area contributed by atoms with Gasteiger partial charge in [0, 0.05) is 43.4 Å². The summed E-state index contributed by atoms with van der Waals surface area (Å²) in [4.78, 5) is 4.63. The molecule has 1 saturated heterocycles. The van der Waals surface area contributed by atoms with Crippen LogP contribution in [-0.4, -0.2) is 55.4 Å². The molecule has 1 N–H and O–H groups in total. The molecule has 146 valence electrons. The van der Waals surface area contributed by atoms with E-state index in [0.29, 0.717) is 13.2 Å². The SMILES string of the molecule is Cc1cc(OCC(O)CN2CCN(c3cccc(Cl)c3)CC2)cc(C)c1C. The molecule has 27 heavy (non-hydrogen) atoms. The quantitative estimate of drug-likeness (QED) is 0.815. The van der Waals surface area contributed by atoms with Crippen LogP contribution in [0.15, 0.2) is 36.4 Å². The minimum Gasteiger partial charge on any atom is -0.491 e. The molecular formula is C22H29ClN2O2. The average Bonchev–Trinajstić information content (AvgIpc) is 2.65. The molecule has 0 aromatic heterocycles. The number of aliphatic hydroxyl groups is 1. The number of halogens is 1. The third kappa shape index (κ3) is 5.38. The molecule has 1 atom stereocenters. The zero-order chi connectivity index (χ0) is 19.4. The fourth-order valence-electron chi connectivity index (χ4n) is 3.48. The molecule has 1 unspecified atom stereocenters. The highest BCUT2D eigenvalue weighted by molar-refractivity contribution is 6.30. The van der Waals surface area contributed by atoms with Gasteiger partial charge in [0.15, 0.2) is 0 Å². The summed E-state index contributed by atoms with van der Waals surface area (Å²) < 4.78 is 5.83. The van der Waals surface area contributed by atoms with Gasteiger partial charge in [0.2, 0.25) is 0 Å².